The summed E-state index contributed by atoms with van der Waals surface area (Å²) < 4.78 is 15.2. The number of hydrogen-bond donors (Lipinski definition) is 0. The van der Waals surface area contributed by atoms with Crippen molar-refractivity contribution < 1.29 is 14.3 Å². The van der Waals surface area contributed by atoms with Gasteiger partial charge in [0.25, 0.3) is 0 Å². The molecule has 0 radical (unpaired) electrons. The first-order valence-electron chi connectivity index (χ1n) is 11.6. The highest BCUT2D eigenvalue weighted by Crippen LogP contribution is 2.32. The summed E-state index contributed by atoms with van der Waals surface area (Å²) in [6, 6.07) is 13.4. The second-order valence-electron chi connectivity index (χ2n) is 8.48. The van der Waals surface area contributed by atoms with Gasteiger partial charge in [-0.15, -0.1) is 0 Å². The normalized spacial score (nSPS) is 13.1. The van der Waals surface area contributed by atoms with Gasteiger partial charge in [-0.3, -0.25) is 9.48 Å². The van der Waals surface area contributed by atoms with E-state index in [9.17, 15) is 4.79 Å². The lowest BCUT2D eigenvalue weighted by molar-refractivity contribution is -0.144. The summed E-state index contributed by atoms with van der Waals surface area (Å²) in [7, 11) is 1.60. The number of fused-ring (bicyclic) bond motifs is 3. The third kappa shape index (κ3) is 4.40. The molecular formula is C26H27ClN4O3. The van der Waals surface area contributed by atoms with Crippen LogP contribution < -0.4 is 4.74 Å². The maximum Gasteiger partial charge on any atom is 0.312 e. The molecule has 0 spiro atoms. The van der Waals surface area contributed by atoms with Gasteiger partial charge < -0.3 is 14.0 Å². The third-order valence-electron chi connectivity index (χ3n) is 6.25. The number of carbonyl (C=O) groups excluding carboxylic acids is 1. The molecule has 1 aliphatic heterocycles. The van der Waals surface area contributed by atoms with E-state index in [4.69, 9.17) is 26.1 Å². The number of halogens is 1. The maximum atomic E-state index is 12.7. The van der Waals surface area contributed by atoms with E-state index in [1.807, 2.05) is 35.9 Å². The highest BCUT2D eigenvalue weighted by molar-refractivity contribution is 6.30. The first-order valence-corrected chi connectivity index (χ1v) is 12.0. The Morgan fingerprint density at radius 2 is 2.03 bits per heavy atom. The summed E-state index contributed by atoms with van der Waals surface area (Å²) in [6.45, 7) is 3.87. The van der Waals surface area contributed by atoms with E-state index in [0.29, 0.717) is 17.3 Å². The first kappa shape index (κ1) is 22.5. The molecule has 0 amide bonds. The Kier molecular flexibility index (Phi) is 6.28. The average molecular weight is 479 g/mol. The lowest BCUT2D eigenvalue weighted by Gasteiger charge is -2.13. The molecule has 2 aromatic carbocycles. The second kappa shape index (κ2) is 9.50. The molecule has 176 valence electrons. The van der Waals surface area contributed by atoms with Gasteiger partial charge in [0.15, 0.2) is 0 Å². The van der Waals surface area contributed by atoms with Crippen LogP contribution in [0.5, 0.6) is 5.75 Å². The van der Waals surface area contributed by atoms with E-state index in [0.717, 1.165) is 52.3 Å². The Bertz CT molecular complexity index is 1360. The largest absolute Gasteiger partial charge is 0.496 e. The van der Waals surface area contributed by atoms with Crippen molar-refractivity contribution in [3.8, 4) is 17.0 Å². The Labute approximate surface area is 203 Å². The van der Waals surface area contributed by atoms with Crippen molar-refractivity contribution >= 4 is 28.6 Å². The molecule has 0 saturated heterocycles. The van der Waals surface area contributed by atoms with Gasteiger partial charge in [-0.25, -0.2) is 4.98 Å². The van der Waals surface area contributed by atoms with Crippen LogP contribution in [0.1, 0.15) is 36.8 Å². The van der Waals surface area contributed by atoms with E-state index < -0.39 is 0 Å². The zero-order valence-corrected chi connectivity index (χ0v) is 20.1. The van der Waals surface area contributed by atoms with Crippen LogP contribution in [0.3, 0.4) is 0 Å². The second-order valence-corrected chi connectivity index (χ2v) is 8.92. The van der Waals surface area contributed by atoms with Gasteiger partial charge in [-0.1, -0.05) is 17.7 Å². The fourth-order valence-electron chi connectivity index (χ4n) is 4.55. The molecule has 0 bridgehead atoms. The molecule has 3 heterocycles. The number of benzene rings is 2. The fourth-order valence-corrected chi connectivity index (χ4v) is 4.71. The number of carbonyl (C=O) groups is 1. The number of nitrogens with zero attached hydrogens (tertiary/aromatic N) is 4. The van der Waals surface area contributed by atoms with Crippen LogP contribution in [0.4, 0.5) is 0 Å². The van der Waals surface area contributed by atoms with Crippen molar-refractivity contribution in [2.75, 3.05) is 7.11 Å². The molecule has 0 aliphatic carbocycles. The van der Waals surface area contributed by atoms with Gasteiger partial charge in [-0.2, -0.15) is 5.10 Å². The average Bonchev–Trinajstić information content (AvgIpc) is 3.43. The standard InChI is InChI=1S/C26H27ClN4O3/c1-3-31-19(14-21(29-31)20-9-8-18(27)13-24(20)33-2)15-26(32)34-16-17-7-10-23-22(12-17)28-25-6-4-5-11-30(23)25/h7-10,12-14H,3-6,11,15-16H2,1-2H3. The summed E-state index contributed by atoms with van der Waals surface area (Å²) >= 11 is 6.09. The number of esters is 1. The van der Waals surface area contributed by atoms with Gasteiger partial charge in [0, 0.05) is 30.1 Å². The van der Waals surface area contributed by atoms with E-state index in [1.54, 1.807) is 19.2 Å². The van der Waals surface area contributed by atoms with E-state index in [-0.39, 0.29) is 19.0 Å². The van der Waals surface area contributed by atoms with Gasteiger partial charge in [0.05, 0.1) is 36.0 Å². The van der Waals surface area contributed by atoms with Crippen LogP contribution in [0, 0.1) is 0 Å². The minimum absolute atomic E-state index is 0.137. The minimum atomic E-state index is -0.298. The number of methoxy groups -OCH3 is 1. The summed E-state index contributed by atoms with van der Waals surface area (Å²) in [6.07, 6.45) is 3.54. The van der Waals surface area contributed by atoms with Crippen LogP contribution in [0.2, 0.25) is 5.02 Å². The van der Waals surface area contributed by atoms with Crippen LogP contribution >= 0.6 is 11.6 Å². The monoisotopic (exact) mass is 478 g/mol. The summed E-state index contributed by atoms with van der Waals surface area (Å²) in [5.41, 5.74) is 5.40. The van der Waals surface area contributed by atoms with Gasteiger partial charge in [-0.05, 0) is 61.7 Å². The van der Waals surface area contributed by atoms with Gasteiger partial charge >= 0.3 is 5.97 Å². The molecule has 2 aromatic heterocycles. The van der Waals surface area contributed by atoms with Gasteiger partial charge in [0.1, 0.15) is 18.2 Å². The molecule has 34 heavy (non-hydrogen) atoms. The quantitative estimate of drug-likeness (QED) is 0.341. The molecule has 7 nitrogen and oxygen atoms in total. The predicted molar refractivity (Wildman–Crippen MR) is 131 cm³/mol. The molecule has 0 N–H and O–H groups in total. The molecule has 8 heteroatoms. The van der Waals surface area contributed by atoms with E-state index in [1.165, 1.54) is 12.8 Å². The molecule has 0 atom stereocenters. The first-order chi connectivity index (χ1) is 16.6. The van der Waals surface area contributed by atoms with Crippen LogP contribution in [-0.4, -0.2) is 32.4 Å². The highest BCUT2D eigenvalue weighted by atomic mass is 35.5. The summed E-state index contributed by atoms with van der Waals surface area (Å²) in [4.78, 5) is 17.4. The number of aryl methyl sites for hydroxylation is 3. The van der Waals surface area contributed by atoms with E-state index in [2.05, 4.69) is 15.7 Å². The summed E-state index contributed by atoms with van der Waals surface area (Å²) in [5.74, 6) is 1.49. The highest BCUT2D eigenvalue weighted by Gasteiger charge is 2.17. The summed E-state index contributed by atoms with van der Waals surface area (Å²) in [5, 5.41) is 5.24. The SMILES string of the molecule is CCn1nc(-c2ccc(Cl)cc2OC)cc1CC(=O)OCc1ccc2c(c1)nc1n2CCCC1. The van der Waals surface area contributed by atoms with Crippen LogP contribution in [-0.2, 0) is 42.1 Å². The van der Waals surface area contributed by atoms with Gasteiger partial charge in [0.2, 0.25) is 0 Å². The number of imidazole rings is 1. The molecule has 0 fully saturated rings. The number of rotatable bonds is 7. The molecular weight excluding hydrogens is 452 g/mol. The number of ether oxygens (including phenoxy) is 2. The van der Waals surface area contributed by atoms with Crippen LogP contribution in [0.25, 0.3) is 22.3 Å². The maximum absolute atomic E-state index is 12.7. The number of hydrogen-bond acceptors (Lipinski definition) is 5. The smallest absolute Gasteiger partial charge is 0.312 e. The Hall–Kier alpha value is -3.32. The van der Waals surface area contributed by atoms with Crippen molar-refractivity contribution in [2.45, 2.75) is 52.3 Å². The Morgan fingerprint density at radius 1 is 1.15 bits per heavy atom. The zero-order chi connectivity index (χ0) is 23.7. The van der Waals surface area contributed by atoms with Crippen LogP contribution in [0.15, 0.2) is 42.5 Å². The Balaban J connectivity index is 1.28. The lowest BCUT2D eigenvalue weighted by Crippen LogP contribution is -2.12. The third-order valence-corrected chi connectivity index (χ3v) is 6.49. The fraction of sp³-hybridized carbons (Fsp3) is 0.346. The molecule has 5 rings (SSSR count). The zero-order valence-electron chi connectivity index (χ0n) is 19.4. The van der Waals surface area contributed by atoms with Crippen molar-refractivity contribution in [3.63, 3.8) is 0 Å². The molecule has 4 aromatic rings. The minimum Gasteiger partial charge on any atom is -0.496 e. The topological polar surface area (TPSA) is 71.2 Å². The van der Waals surface area contributed by atoms with Crippen molar-refractivity contribution in [1.29, 1.82) is 0 Å². The molecule has 0 unspecified atom stereocenters. The molecule has 0 saturated carbocycles. The lowest BCUT2D eigenvalue weighted by atomic mass is 10.1. The van der Waals surface area contributed by atoms with Crippen molar-refractivity contribution in [3.05, 3.63) is 64.6 Å². The van der Waals surface area contributed by atoms with E-state index >= 15 is 0 Å². The Morgan fingerprint density at radius 3 is 2.85 bits per heavy atom. The van der Waals surface area contributed by atoms with Crippen molar-refractivity contribution in [2.24, 2.45) is 0 Å². The van der Waals surface area contributed by atoms with Crippen molar-refractivity contribution in [1.82, 2.24) is 19.3 Å². The number of aromatic nitrogens is 4. The molecule has 1 aliphatic rings. The predicted octanol–water partition coefficient (Wildman–Crippen LogP) is 5.20.